The van der Waals surface area contributed by atoms with Gasteiger partial charge in [-0.15, -0.1) is 5.10 Å². The predicted octanol–water partition coefficient (Wildman–Crippen LogP) is 4.05. The molecule has 32 heavy (non-hydrogen) atoms. The van der Waals surface area contributed by atoms with Gasteiger partial charge in [0.25, 0.3) is 0 Å². The Morgan fingerprint density at radius 3 is 2.78 bits per heavy atom. The Hall–Kier alpha value is -3.76. The fourth-order valence-corrected chi connectivity index (χ4v) is 4.05. The molecule has 0 amide bonds. The fraction of sp³-hybridized carbons (Fsp3) is 0.286. The second-order valence-electron chi connectivity index (χ2n) is 7.48. The molecule has 4 heterocycles. The monoisotopic (exact) mass is 444 g/mol. The minimum Gasteiger partial charge on any atom is -0.492 e. The van der Waals surface area contributed by atoms with Crippen molar-refractivity contribution < 1.29 is 22.6 Å². The van der Waals surface area contributed by atoms with Crippen LogP contribution in [0.15, 0.2) is 42.7 Å². The molecular weight excluding hydrogens is 425 g/mol. The van der Waals surface area contributed by atoms with E-state index in [-0.39, 0.29) is 23.0 Å². The number of H-pyrrole nitrogens is 1. The number of rotatable bonds is 4. The largest absolute Gasteiger partial charge is 0.492 e. The fourth-order valence-electron chi connectivity index (χ4n) is 4.05. The summed E-state index contributed by atoms with van der Waals surface area (Å²) in [6.07, 6.45) is -3.29. The van der Waals surface area contributed by atoms with Crippen LogP contribution >= 0.6 is 0 Å². The molecule has 11 heteroatoms. The number of para-hydroxylation sites is 1. The van der Waals surface area contributed by atoms with Crippen LogP contribution in [0, 0.1) is 0 Å². The summed E-state index contributed by atoms with van der Waals surface area (Å²) in [5.41, 5.74) is 0.941. The summed E-state index contributed by atoms with van der Waals surface area (Å²) in [5, 5.41) is 7.94. The molecule has 0 saturated heterocycles. The smallest absolute Gasteiger partial charge is 0.431 e. The lowest BCUT2D eigenvalue weighted by atomic mass is 9.88. The maximum atomic E-state index is 13.2. The number of nitrogens with zero attached hydrogens (tertiary/aromatic N) is 4. The number of nitrogens with one attached hydrogen (secondary N) is 2. The SMILES string of the molecule is COc1cc(C2COc3ccccc3C2Nc2ncnc3[nH]c(C(F)(F)F)cc23)n(C)n1. The van der Waals surface area contributed by atoms with Gasteiger partial charge in [0.15, 0.2) is 0 Å². The molecule has 1 aliphatic rings. The van der Waals surface area contributed by atoms with E-state index < -0.39 is 11.9 Å². The molecule has 0 spiro atoms. The third-order valence-electron chi connectivity index (χ3n) is 5.58. The Morgan fingerprint density at radius 1 is 1.22 bits per heavy atom. The maximum Gasteiger partial charge on any atom is 0.431 e. The van der Waals surface area contributed by atoms with Crippen LogP contribution in [-0.4, -0.2) is 38.4 Å². The van der Waals surface area contributed by atoms with E-state index in [2.05, 4.69) is 25.4 Å². The van der Waals surface area contributed by atoms with E-state index in [1.807, 2.05) is 30.3 Å². The van der Waals surface area contributed by atoms with Crippen molar-refractivity contribution in [2.75, 3.05) is 19.0 Å². The number of aromatic amines is 1. The minimum absolute atomic E-state index is 0.105. The van der Waals surface area contributed by atoms with Gasteiger partial charge in [0.1, 0.15) is 29.2 Å². The minimum atomic E-state index is -4.52. The summed E-state index contributed by atoms with van der Waals surface area (Å²) >= 11 is 0. The predicted molar refractivity (Wildman–Crippen MR) is 110 cm³/mol. The molecule has 0 aliphatic carbocycles. The number of aromatic nitrogens is 5. The van der Waals surface area contributed by atoms with Crippen LogP contribution < -0.4 is 14.8 Å². The number of methoxy groups -OCH3 is 1. The summed E-state index contributed by atoms with van der Waals surface area (Å²) < 4.78 is 52.7. The van der Waals surface area contributed by atoms with Gasteiger partial charge in [-0.1, -0.05) is 18.2 Å². The molecule has 8 nitrogen and oxygen atoms in total. The van der Waals surface area contributed by atoms with Crippen LogP contribution in [0.25, 0.3) is 11.0 Å². The van der Waals surface area contributed by atoms with Crippen LogP contribution in [0.4, 0.5) is 19.0 Å². The van der Waals surface area contributed by atoms with Crippen molar-refractivity contribution in [3.8, 4) is 11.6 Å². The van der Waals surface area contributed by atoms with Crippen molar-refractivity contribution >= 4 is 16.9 Å². The number of benzene rings is 1. The Morgan fingerprint density at radius 2 is 2.03 bits per heavy atom. The van der Waals surface area contributed by atoms with Crippen molar-refractivity contribution in [2.45, 2.75) is 18.1 Å². The zero-order chi connectivity index (χ0) is 22.5. The van der Waals surface area contributed by atoms with Crippen LogP contribution in [0.3, 0.4) is 0 Å². The number of anilines is 1. The number of halogens is 3. The first-order chi connectivity index (χ1) is 15.3. The maximum absolute atomic E-state index is 13.2. The van der Waals surface area contributed by atoms with Gasteiger partial charge in [0.05, 0.1) is 36.8 Å². The van der Waals surface area contributed by atoms with Crippen LogP contribution in [0.2, 0.25) is 0 Å². The molecule has 0 bridgehead atoms. The number of ether oxygens (including phenoxy) is 2. The highest BCUT2D eigenvalue weighted by molar-refractivity contribution is 5.88. The Kier molecular flexibility index (Phi) is 4.68. The number of hydrogen-bond acceptors (Lipinski definition) is 6. The molecule has 2 N–H and O–H groups in total. The molecule has 4 aromatic rings. The summed E-state index contributed by atoms with van der Waals surface area (Å²) in [4.78, 5) is 10.5. The van der Waals surface area contributed by atoms with Gasteiger partial charge in [0, 0.05) is 18.7 Å². The molecule has 2 unspecified atom stereocenters. The summed E-state index contributed by atoms with van der Waals surface area (Å²) in [7, 11) is 3.34. The van der Waals surface area contributed by atoms with Crippen LogP contribution in [-0.2, 0) is 13.2 Å². The first-order valence-electron chi connectivity index (χ1n) is 9.82. The third kappa shape index (κ3) is 3.39. The first kappa shape index (κ1) is 20.2. The van der Waals surface area contributed by atoms with E-state index in [1.54, 1.807) is 11.7 Å². The van der Waals surface area contributed by atoms with Crippen molar-refractivity contribution in [2.24, 2.45) is 7.05 Å². The average Bonchev–Trinajstić information content (AvgIpc) is 3.38. The average molecular weight is 444 g/mol. The highest BCUT2D eigenvalue weighted by Gasteiger charge is 2.36. The van der Waals surface area contributed by atoms with Gasteiger partial charge in [-0.3, -0.25) is 4.68 Å². The third-order valence-corrected chi connectivity index (χ3v) is 5.58. The molecule has 0 fully saturated rings. The topological polar surface area (TPSA) is 89.9 Å². The van der Waals surface area contributed by atoms with Crippen molar-refractivity contribution in [1.82, 2.24) is 24.7 Å². The lowest BCUT2D eigenvalue weighted by Crippen LogP contribution is -2.31. The summed E-state index contributed by atoms with van der Waals surface area (Å²) in [6.45, 7) is 0.340. The Bertz CT molecular complexity index is 1280. The summed E-state index contributed by atoms with van der Waals surface area (Å²) in [6, 6.07) is 10.0. The van der Waals surface area contributed by atoms with Crippen molar-refractivity contribution in [3.63, 3.8) is 0 Å². The van der Waals surface area contributed by atoms with Crippen molar-refractivity contribution in [1.29, 1.82) is 0 Å². The quantitative estimate of drug-likeness (QED) is 0.494. The molecule has 3 aromatic heterocycles. The Labute approximate surface area is 180 Å². The van der Waals surface area contributed by atoms with Gasteiger partial charge in [-0.05, 0) is 12.1 Å². The molecular formula is C21H19F3N6O2. The second kappa shape index (κ2) is 7.43. The van der Waals surface area contributed by atoms with E-state index in [0.717, 1.165) is 17.3 Å². The highest BCUT2D eigenvalue weighted by atomic mass is 19.4. The molecule has 1 aliphatic heterocycles. The zero-order valence-corrected chi connectivity index (χ0v) is 17.1. The van der Waals surface area contributed by atoms with Crippen LogP contribution in [0.5, 0.6) is 11.6 Å². The standard InChI is InChI=1S/C21H19F3N6O2/c1-30-14(8-17(29-30)31-2)13-9-32-15-6-4-3-5-11(15)18(13)28-20-12-7-16(21(22,23)24)27-19(12)25-10-26-20/h3-8,10,13,18H,9H2,1-2H3,(H2,25,26,27,28). The lowest BCUT2D eigenvalue weighted by Gasteiger charge is -2.34. The number of fused-ring (bicyclic) bond motifs is 2. The van der Waals surface area contributed by atoms with E-state index >= 15 is 0 Å². The molecule has 0 radical (unpaired) electrons. The van der Waals surface area contributed by atoms with Gasteiger partial charge >= 0.3 is 6.18 Å². The molecule has 2 atom stereocenters. The molecule has 1 aromatic carbocycles. The van der Waals surface area contributed by atoms with Gasteiger partial charge in [-0.2, -0.15) is 13.2 Å². The van der Waals surface area contributed by atoms with E-state index in [1.165, 1.54) is 13.4 Å². The van der Waals surface area contributed by atoms with Crippen molar-refractivity contribution in [3.05, 3.63) is 59.7 Å². The number of alkyl halides is 3. The molecule has 166 valence electrons. The number of hydrogen-bond donors (Lipinski definition) is 2. The zero-order valence-electron chi connectivity index (χ0n) is 17.1. The second-order valence-corrected chi connectivity index (χ2v) is 7.48. The van der Waals surface area contributed by atoms with Gasteiger partial charge in [-0.25, -0.2) is 9.97 Å². The van der Waals surface area contributed by atoms with E-state index in [9.17, 15) is 13.2 Å². The van der Waals surface area contributed by atoms with Gasteiger partial charge in [0.2, 0.25) is 5.88 Å². The summed E-state index contributed by atoms with van der Waals surface area (Å²) in [5.74, 6) is 1.25. The first-order valence-corrected chi connectivity index (χ1v) is 9.82. The van der Waals surface area contributed by atoms with Crippen LogP contribution in [0.1, 0.15) is 28.9 Å². The highest BCUT2D eigenvalue weighted by Crippen LogP contribution is 2.43. The number of aryl methyl sites for hydroxylation is 1. The Balaban J connectivity index is 1.60. The normalized spacial score (nSPS) is 18.3. The van der Waals surface area contributed by atoms with E-state index in [0.29, 0.717) is 24.1 Å². The lowest BCUT2D eigenvalue weighted by molar-refractivity contribution is -0.140. The van der Waals surface area contributed by atoms with Gasteiger partial charge < -0.3 is 19.8 Å². The molecule has 5 rings (SSSR count). The molecule has 0 saturated carbocycles. The van der Waals surface area contributed by atoms with E-state index in [4.69, 9.17) is 9.47 Å².